The van der Waals surface area contributed by atoms with E-state index in [9.17, 15) is 9.59 Å². The van der Waals surface area contributed by atoms with Gasteiger partial charge in [0, 0.05) is 12.1 Å². The topological polar surface area (TPSA) is 88.3 Å². The fourth-order valence-corrected chi connectivity index (χ4v) is 2.23. The summed E-state index contributed by atoms with van der Waals surface area (Å²) in [5.41, 5.74) is 2.06. The highest BCUT2D eigenvalue weighted by atomic mass is 16.4. The number of rotatable bonds is 6. The fourth-order valence-electron chi connectivity index (χ4n) is 2.23. The highest BCUT2D eigenvalue weighted by molar-refractivity contribution is 5.97. The van der Waals surface area contributed by atoms with Crippen LogP contribution in [0.4, 0.5) is 0 Å². The molecule has 1 aromatic carbocycles. The Morgan fingerprint density at radius 1 is 1.36 bits per heavy atom. The summed E-state index contributed by atoms with van der Waals surface area (Å²) in [6, 6.07) is 5.28. The lowest BCUT2D eigenvalue weighted by atomic mass is 10.1. The number of aromatic nitrogens is 3. The van der Waals surface area contributed by atoms with E-state index in [0.29, 0.717) is 18.5 Å². The molecule has 0 aliphatic heterocycles. The summed E-state index contributed by atoms with van der Waals surface area (Å²) in [5.74, 6) is -1.29. The Bertz CT molecular complexity index is 667. The van der Waals surface area contributed by atoms with E-state index in [1.165, 1.54) is 11.2 Å². The maximum atomic E-state index is 12.5. The Kier molecular flexibility index (Phi) is 4.88. The van der Waals surface area contributed by atoms with Crippen molar-refractivity contribution >= 4 is 11.9 Å². The third-order valence-corrected chi connectivity index (χ3v) is 3.23. The highest BCUT2D eigenvalue weighted by Crippen LogP contribution is 2.16. The summed E-state index contributed by atoms with van der Waals surface area (Å²) in [7, 11) is 0. The molecule has 1 heterocycles. The summed E-state index contributed by atoms with van der Waals surface area (Å²) >= 11 is 0. The van der Waals surface area contributed by atoms with Crippen LogP contribution in [0.15, 0.2) is 30.9 Å². The minimum Gasteiger partial charge on any atom is -0.480 e. The third kappa shape index (κ3) is 3.49. The van der Waals surface area contributed by atoms with E-state index in [0.717, 1.165) is 11.3 Å². The molecule has 0 fully saturated rings. The largest absolute Gasteiger partial charge is 0.480 e. The molecule has 22 heavy (non-hydrogen) atoms. The maximum absolute atomic E-state index is 12.5. The number of carbonyl (C=O) groups excluding carboxylic acids is 1. The van der Waals surface area contributed by atoms with Gasteiger partial charge in [0.25, 0.3) is 5.91 Å². The monoisotopic (exact) mass is 302 g/mol. The molecule has 7 heteroatoms. The second kappa shape index (κ2) is 6.84. The second-order valence-electron chi connectivity index (χ2n) is 4.96. The molecule has 116 valence electrons. The number of nitrogens with zero attached hydrogens (tertiary/aromatic N) is 4. The molecule has 0 unspecified atom stereocenters. The van der Waals surface area contributed by atoms with Crippen molar-refractivity contribution in [2.75, 3.05) is 13.1 Å². The van der Waals surface area contributed by atoms with Gasteiger partial charge in [-0.25, -0.2) is 9.67 Å². The van der Waals surface area contributed by atoms with Crippen molar-refractivity contribution in [3.63, 3.8) is 0 Å². The van der Waals surface area contributed by atoms with E-state index in [1.807, 2.05) is 19.9 Å². The van der Waals surface area contributed by atoms with Gasteiger partial charge in [0.05, 0.1) is 5.69 Å². The van der Waals surface area contributed by atoms with Gasteiger partial charge in [0.2, 0.25) is 0 Å². The highest BCUT2D eigenvalue weighted by Gasteiger charge is 2.19. The van der Waals surface area contributed by atoms with Crippen LogP contribution in [0.1, 0.15) is 29.3 Å². The first kappa shape index (κ1) is 15.7. The van der Waals surface area contributed by atoms with Crippen molar-refractivity contribution in [1.29, 1.82) is 0 Å². The predicted octanol–water partition coefficient (Wildman–Crippen LogP) is 1.51. The van der Waals surface area contributed by atoms with Gasteiger partial charge in [-0.1, -0.05) is 6.92 Å². The molecule has 7 nitrogen and oxygen atoms in total. The van der Waals surface area contributed by atoms with Crippen LogP contribution < -0.4 is 0 Å². The summed E-state index contributed by atoms with van der Waals surface area (Å²) in [5, 5.41) is 13.0. The molecule has 2 rings (SSSR count). The molecule has 0 radical (unpaired) electrons. The fraction of sp³-hybridized carbons (Fsp3) is 0.333. The van der Waals surface area contributed by atoms with Crippen molar-refractivity contribution in [2.45, 2.75) is 20.3 Å². The maximum Gasteiger partial charge on any atom is 0.323 e. The van der Waals surface area contributed by atoms with E-state index in [2.05, 4.69) is 10.1 Å². The average molecular weight is 302 g/mol. The van der Waals surface area contributed by atoms with Gasteiger partial charge in [-0.2, -0.15) is 5.10 Å². The third-order valence-electron chi connectivity index (χ3n) is 3.23. The molecule has 0 atom stereocenters. The summed E-state index contributed by atoms with van der Waals surface area (Å²) < 4.78 is 1.60. The van der Waals surface area contributed by atoms with Crippen LogP contribution in [0.25, 0.3) is 5.69 Å². The number of carboxylic acid groups (broad SMARTS) is 1. The lowest BCUT2D eigenvalue weighted by Gasteiger charge is -2.21. The molecule has 0 saturated carbocycles. The van der Waals surface area contributed by atoms with Gasteiger partial charge in [-0.3, -0.25) is 9.59 Å². The van der Waals surface area contributed by atoms with Gasteiger partial charge in [0.1, 0.15) is 19.2 Å². The molecule has 1 amide bonds. The van der Waals surface area contributed by atoms with Gasteiger partial charge >= 0.3 is 5.97 Å². The van der Waals surface area contributed by atoms with Crippen LogP contribution in [0, 0.1) is 6.92 Å². The number of hydrogen-bond acceptors (Lipinski definition) is 4. The molecule has 0 saturated heterocycles. The summed E-state index contributed by atoms with van der Waals surface area (Å²) in [6.45, 7) is 3.84. The van der Waals surface area contributed by atoms with Gasteiger partial charge in [-0.05, 0) is 37.1 Å². The van der Waals surface area contributed by atoms with E-state index in [1.54, 1.807) is 23.1 Å². The smallest absolute Gasteiger partial charge is 0.323 e. The van der Waals surface area contributed by atoms with Crippen LogP contribution in [-0.4, -0.2) is 49.7 Å². The lowest BCUT2D eigenvalue weighted by Crippen LogP contribution is -2.36. The molecular formula is C15H18N4O3. The Morgan fingerprint density at radius 3 is 2.68 bits per heavy atom. The van der Waals surface area contributed by atoms with Crippen molar-refractivity contribution in [1.82, 2.24) is 19.7 Å². The summed E-state index contributed by atoms with van der Waals surface area (Å²) in [4.78, 5) is 28.6. The zero-order valence-electron chi connectivity index (χ0n) is 12.6. The molecule has 1 N–H and O–H groups in total. The minimum atomic E-state index is -1.02. The van der Waals surface area contributed by atoms with Gasteiger partial charge in [-0.15, -0.1) is 0 Å². The van der Waals surface area contributed by atoms with Crippen LogP contribution in [-0.2, 0) is 4.79 Å². The molecule has 0 spiro atoms. The molecule has 0 aliphatic rings. The second-order valence-corrected chi connectivity index (χ2v) is 4.96. The average Bonchev–Trinajstić information content (AvgIpc) is 3.00. The number of aryl methyl sites for hydroxylation is 1. The van der Waals surface area contributed by atoms with Crippen LogP contribution in [0.5, 0.6) is 0 Å². The van der Waals surface area contributed by atoms with E-state index < -0.39 is 5.97 Å². The minimum absolute atomic E-state index is 0.271. The standard InChI is InChI=1S/C15H18N4O3/c1-3-6-18(8-14(20)21)15(22)13-5-4-12(7-11(13)2)19-10-16-9-17-19/h4-5,7,9-10H,3,6,8H2,1-2H3,(H,20,21). The zero-order chi connectivity index (χ0) is 16.1. The van der Waals surface area contributed by atoms with E-state index in [-0.39, 0.29) is 12.5 Å². The number of hydrogen-bond donors (Lipinski definition) is 1. The van der Waals surface area contributed by atoms with Crippen molar-refractivity contribution in [2.24, 2.45) is 0 Å². The summed E-state index contributed by atoms with van der Waals surface area (Å²) in [6.07, 6.45) is 3.71. The van der Waals surface area contributed by atoms with Crippen LogP contribution in [0.2, 0.25) is 0 Å². The molecule has 0 aliphatic carbocycles. The lowest BCUT2D eigenvalue weighted by molar-refractivity contribution is -0.137. The quantitative estimate of drug-likeness (QED) is 0.874. The number of amides is 1. The molecule has 0 bridgehead atoms. The number of aliphatic carboxylic acids is 1. The Morgan fingerprint density at radius 2 is 2.14 bits per heavy atom. The van der Waals surface area contributed by atoms with Crippen molar-refractivity contribution < 1.29 is 14.7 Å². The van der Waals surface area contributed by atoms with Crippen molar-refractivity contribution in [3.05, 3.63) is 42.0 Å². The van der Waals surface area contributed by atoms with E-state index in [4.69, 9.17) is 5.11 Å². The Labute approximate surface area is 128 Å². The first-order valence-corrected chi connectivity index (χ1v) is 6.99. The number of benzene rings is 1. The first-order chi connectivity index (χ1) is 10.5. The number of carboxylic acids is 1. The first-order valence-electron chi connectivity index (χ1n) is 6.99. The van der Waals surface area contributed by atoms with Gasteiger partial charge in [0.15, 0.2) is 0 Å². The zero-order valence-corrected chi connectivity index (χ0v) is 12.6. The van der Waals surface area contributed by atoms with Crippen molar-refractivity contribution in [3.8, 4) is 5.69 Å². The molecular weight excluding hydrogens is 284 g/mol. The Balaban J connectivity index is 2.27. The van der Waals surface area contributed by atoms with Crippen LogP contribution in [0.3, 0.4) is 0 Å². The van der Waals surface area contributed by atoms with Gasteiger partial charge < -0.3 is 10.0 Å². The number of carbonyl (C=O) groups is 2. The molecule has 1 aromatic heterocycles. The SMILES string of the molecule is CCCN(CC(=O)O)C(=O)c1ccc(-n2cncn2)cc1C. The Hall–Kier alpha value is -2.70. The molecule has 2 aromatic rings. The van der Waals surface area contributed by atoms with E-state index >= 15 is 0 Å². The normalized spacial score (nSPS) is 10.5. The predicted molar refractivity (Wildman–Crippen MR) is 79.9 cm³/mol. The van der Waals surface area contributed by atoms with Crippen LogP contribution >= 0.6 is 0 Å².